The summed E-state index contributed by atoms with van der Waals surface area (Å²) in [5, 5.41) is 14.4. The average molecular weight is 330 g/mol. The van der Waals surface area contributed by atoms with E-state index in [4.69, 9.17) is 0 Å². The number of hydrogen-bond acceptors (Lipinski definition) is 2. The Morgan fingerprint density at radius 2 is 1.57 bits per heavy atom. The quantitative estimate of drug-likeness (QED) is 0.867. The van der Waals surface area contributed by atoms with E-state index >= 15 is 0 Å². The number of rotatable bonds is 5. The third-order valence-electron chi connectivity index (χ3n) is 4.84. The largest absolute Gasteiger partial charge is 0.391 e. The van der Waals surface area contributed by atoms with E-state index in [2.05, 4.69) is 72.2 Å². The number of aliphatic hydroxyl groups excluding tert-OH is 1. The van der Waals surface area contributed by atoms with Crippen LogP contribution in [0, 0.1) is 0 Å². The highest BCUT2D eigenvalue weighted by molar-refractivity contribution is 8.33. The molecule has 0 saturated carbocycles. The molecule has 1 saturated heterocycles. The summed E-state index contributed by atoms with van der Waals surface area (Å²) >= 11 is 0. The van der Waals surface area contributed by atoms with Gasteiger partial charge in [0.2, 0.25) is 0 Å². The van der Waals surface area contributed by atoms with Crippen LogP contribution in [-0.2, 0) is 0 Å². The van der Waals surface area contributed by atoms with Crippen LogP contribution in [0.2, 0.25) is 0 Å². The third kappa shape index (κ3) is 3.79. The van der Waals surface area contributed by atoms with Crippen LogP contribution < -0.4 is 5.32 Å². The molecular formula is C20H27NOS. The van der Waals surface area contributed by atoms with E-state index < -0.39 is 10.0 Å². The van der Waals surface area contributed by atoms with Gasteiger partial charge in [-0.25, -0.2) is 0 Å². The molecule has 0 radical (unpaired) electrons. The van der Waals surface area contributed by atoms with Crippen LogP contribution in [-0.4, -0.2) is 35.8 Å². The maximum absolute atomic E-state index is 10.9. The first-order chi connectivity index (χ1) is 11.2. The molecule has 1 fully saturated rings. The standard InChI is InChI=1S/C20H27NOS/c1-23(17-10-4-2-5-11-17,18-12-6-3-7-13-18)16-20(22)19-14-8-9-15-21-19/h2-7,10-13,19-22H,8-9,14-16H2,1H3/t19-,20-/m0/s1. The molecule has 2 nitrogen and oxygen atoms in total. The monoisotopic (exact) mass is 329 g/mol. The van der Waals surface area contributed by atoms with Crippen molar-refractivity contribution in [2.75, 3.05) is 18.6 Å². The number of nitrogens with one attached hydrogen (secondary N) is 1. The Morgan fingerprint density at radius 3 is 2.04 bits per heavy atom. The summed E-state index contributed by atoms with van der Waals surface area (Å²) in [4.78, 5) is 2.70. The molecule has 3 heteroatoms. The van der Waals surface area contributed by atoms with Gasteiger partial charge in [-0.05, 0) is 59.7 Å². The van der Waals surface area contributed by atoms with Gasteiger partial charge in [0, 0.05) is 11.8 Å². The summed E-state index contributed by atoms with van der Waals surface area (Å²) in [6.07, 6.45) is 5.57. The molecule has 0 spiro atoms. The fourth-order valence-electron chi connectivity index (χ4n) is 3.44. The molecular weight excluding hydrogens is 302 g/mol. The van der Waals surface area contributed by atoms with E-state index in [1.54, 1.807) is 0 Å². The van der Waals surface area contributed by atoms with Crippen molar-refractivity contribution in [3.8, 4) is 0 Å². The SMILES string of the molecule is CS(C[C@H](O)[C@@H]1CCCCN1)(c1ccccc1)c1ccccc1. The number of aliphatic hydroxyl groups is 1. The molecule has 124 valence electrons. The normalized spacial score (nSPS) is 20.9. The average Bonchev–Trinajstić information content (AvgIpc) is 2.64. The van der Waals surface area contributed by atoms with Gasteiger partial charge in [-0.2, -0.15) is 10.0 Å². The van der Waals surface area contributed by atoms with Crippen molar-refractivity contribution in [3.63, 3.8) is 0 Å². The molecule has 2 aromatic rings. The van der Waals surface area contributed by atoms with Crippen molar-refractivity contribution >= 4 is 10.0 Å². The fourth-order valence-corrected chi connectivity index (χ4v) is 6.52. The smallest absolute Gasteiger partial charge is 0.0774 e. The minimum atomic E-state index is -1.24. The van der Waals surface area contributed by atoms with Crippen molar-refractivity contribution in [3.05, 3.63) is 60.7 Å². The van der Waals surface area contributed by atoms with E-state index in [1.165, 1.54) is 22.6 Å². The van der Waals surface area contributed by atoms with E-state index in [9.17, 15) is 5.11 Å². The van der Waals surface area contributed by atoms with E-state index in [0.29, 0.717) is 0 Å². The predicted molar refractivity (Wildman–Crippen MR) is 99.4 cm³/mol. The molecule has 2 aromatic carbocycles. The van der Waals surface area contributed by atoms with Gasteiger partial charge in [0.05, 0.1) is 6.10 Å². The van der Waals surface area contributed by atoms with Gasteiger partial charge in [0.15, 0.2) is 0 Å². The number of piperidine rings is 1. The maximum atomic E-state index is 10.9. The van der Waals surface area contributed by atoms with Gasteiger partial charge in [-0.3, -0.25) is 0 Å². The van der Waals surface area contributed by atoms with Crippen LogP contribution in [0.25, 0.3) is 0 Å². The van der Waals surface area contributed by atoms with Gasteiger partial charge in [-0.1, -0.05) is 42.8 Å². The molecule has 1 aliphatic rings. The van der Waals surface area contributed by atoms with Gasteiger partial charge in [0.25, 0.3) is 0 Å². The van der Waals surface area contributed by atoms with Crippen LogP contribution in [0.5, 0.6) is 0 Å². The van der Waals surface area contributed by atoms with E-state index in [1.807, 2.05) is 0 Å². The summed E-state index contributed by atoms with van der Waals surface area (Å²) < 4.78 is 0. The first-order valence-electron chi connectivity index (χ1n) is 8.48. The van der Waals surface area contributed by atoms with Gasteiger partial charge in [-0.15, -0.1) is 0 Å². The second-order valence-corrected chi connectivity index (χ2v) is 9.96. The molecule has 0 aliphatic carbocycles. The lowest BCUT2D eigenvalue weighted by Crippen LogP contribution is -2.45. The highest BCUT2D eigenvalue weighted by Gasteiger charge is 2.30. The molecule has 0 amide bonds. The lowest BCUT2D eigenvalue weighted by Gasteiger charge is -2.41. The van der Waals surface area contributed by atoms with Crippen LogP contribution in [0.4, 0.5) is 0 Å². The zero-order chi connectivity index (χ0) is 16.1. The van der Waals surface area contributed by atoms with Gasteiger partial charge < -0.3 is 10.4 Å². The summed E-state index contributed by atoms with van der Waals surface area (Å²) in [5.41, 5.74) is 0. The lowest BCUT2D eigenvalue weighted by atomic mass is 10.0. The Hall–Kier alpha value is -1.29. The Morgan fingerprint density at radius 1 is 1.00 bits per heavy atom. The topological polar surface area (TPSA) is 32.3 Å². The van der Waals surface area contributed by atoms with Crippen molar-refractivity contribution < 1.29 is 5.11 Å². The molecule has 0 bridgehead atoms. The fraction of sp³-hybridized carbons (Fsp3) is 0.400. The Kier molecular flexibility index (Phi) is 5.42. The van der Waals surface area contributed by atoms with Crippen molar-refractivity contribution in [2.45, 2.75) is 41.2 Å². The highest BCUT2D eigenvalue weighted by atomic mass is 32.3. The maximum Gasteiger partial charge on any atom is 0.0774 e. The first-order valence-corrected chi connectivity index (χ1v) is 10.7. The molecule has 2 atom stereocenters. The van der Waals surface area contributed by atoms with E-state index in [0.717, 1.165) is 18.7 Å². The summed E-state index contributed by atoms with van der Waals surface area (Å²) in [6, 6.07) is 21.6. The predicted octanol–water partition coefficient (Wildman–Crippen LogP) is 4.04. The van der Waals surface area contributed by atoms with Crippen LogP contribution in [0.15, 0.2) is 70.5 Å². The molecule has 2 N–H and O–H groups in total. The summed E-state index contributed by atoms with van der Waals surface area (Å²) in [5.74, 6) is 0.818. The molecule has 0 unspecified atom stereocenters. The molecule has 1 heterocycles. The zero-order valence-corrected chi connectivity index (χ0v) is 14.6. The zero-order valence-electron chi connectivity index (χ0n) is 13.8. The minimum Gasteiger partial charge on any atom is -0.391 e. The Bertz CT molecular complexity index is 556. The summed E-state index contributed by atoms with van der Waals surface area (Å²) in [7, 11) is -1.24. The molecule has 23 heavy (non-hydrogen) atoms. The number of benzene rings is 2. The van der Waals surface area contributed by atoms with Crippen molar-refractivity contribution in [1.29, 1.82) is 0 Å². The first kappa shape index (κ1) is 16.6. The minimum absolute atomic E-state index is 0.239. The van der Waals surface area contributed by atoms with E-state index in [-0.39, 0.29) is 12.1 Å². The molecule has 0 aromatic heterocycles. The number of hydrogen-bond donors (Lipinski definition) is 2. The second-order valence-electron chi connectivity index (χ2n) is 6.50. The van der Waals surface area contributed by atoms with Crippen molar-refractivity contribution in [1.82, 2.24) is 5.32 Å². The molecule has 3 rings (SSSR count). The summed E-state index contributed by atoms with van der Waals surface area (Å²) in [6.45, 7) is 1.03. The molecule has 1 aliphatic heterocycles. The van der Waals surface area contributed by atoms with Crippen LogP contribution in [0.1, 0.15) is 19.3 Å². The van der Waals surface area contributed by atoms with Crippen LogP contribution in [0.3, 0.4) is 0 Å². The second kappa shape index (κ2) is 7.52. The third-order valence-corrected chi connectivity index (χ3v) is 8.48. The van der Waals surface area contributed by atoms with Gasteiger partial charge in [0.1, 0.15) is 0 Å². The lowest BCUT2D eigenvalue weighted by molar-refractivity contribution is 0.133. The van der Waals surface area contributed by atoms with Gasteiger partial charge >= 0.3 is 0 Å². The Labute approximate surface area is 141 Å². The van der Waals surface area contributed by atoms with Crippen LogP contribution >= 0.6 is 10.0 Å². The highest BCUT2D eigenvalue weighted by Crippen LogP contribution is 2.59. The Balaban J connectivity index is 1.89. The van der Waals surface area contributed by atoms with Crippen molar-refractivity contribution in [2.24, 2.45) is 0 Å².